The molecule has 3 heterocycles. The van der Waals surface area contributed by atoms with Crippen LogP contribution in [0.15, 0.2) is 84.9 Å². The topological polar surface area (TPSA) is 67.7 Å². The number of methoxy groups -OCH3 is 1. The summed E-state index contributed by atoms with van der Waals surface area (Å²) in [5.41, 5.74) is 2.70. The van der Waals surface area contributed by atoms with Crippen LogP contribution in [0, 0.1) is 23.1 Å². The van der Waals surface area contributed by atoms with Gasteiger partial charge < -0.3 is 14.5 Å². The summed E-state index contributed by atoms with van der Waals surface area (Å²) in [6.45, 7) is 2.27. The standard InChI is InChI=1S/C31H25FN4O3/c1-39-28-17-26(33-36(28)27-10-6-5-9-25(27)32)30(38)35-20-31(21-35)18-34(19-31)29(37)24-15-13-23(14-16-24)12-11-22-7-3-2-4-8-22/h2-10,13-17H,18-21H2,1H3. The number of para-hydroxylation sites is 1. The number of benzene rings is 3. The molecule has 8 heteroatoms. The number of hydrogen-bond acceptors (Lipinski definition) is 4. The van der Waals surface area contributed by atoms with Crippen molar-refractivity contribution in [1.82, 2.24) is 19.6 Å². The summed E-state index contributed by atoms with van der Waals surface area (Å²) in [5, 5.41) is 4.31. The van der Waals surface area contributed by atoms with Crippen molar-refractivity contribution >= 4 is 11.8 Å². The molecular formula is C31H25FN4O3. The molecule has 1 aromatic heterocycles. The van der Waals surface area contributed by atoms with E-state index in [1.165, 1.54) is 23.9 Å². The van der Waals surface area contributed by atoms with Crippen LogP contribution in [0.1, 0.15) is 32.0 Å². The van der Waals surface area contributed by atoms with Crippen molar-refractivity contribution in [3.05, 3.63) is 113 Å². The van der Waals surface area contributed by atoms with E-state index in [9.17, 15) is 14.0 Å². The summed E-state index contributed by atoms with van der Waals surface area (Å²) in [4.78, 5) is 29.6. The van der Waals surface area contributed by atoms with Gasteiger partial charge in [0.05, 0.1) is 7.11 Å². The normalized spacial score (nSPS) is 15.1. The van der Waals surface area contributed by atoms with Gasteiger partial charge in [0.1, 0.15) is 11.5 Å². The Labute approximate surface area is 225 Å². The van der Waals surface area contributed by atoms with Crippen LogP contribution in [0.4, 0.5) is 4.39 Å². The molecule has 2 aliphatic rings. The second-order valence-corrected chi connectivity index (χ2v) is 9.95. The molecule has 0 radical (unpaired) electrons. The van der Waals surface area contributed by atoms with Crippen molar-refractivity contribution in [2.45, 2.75) is 0 Å². The van der Waals surface area contributed by atoms with Gasteiger partial charge in [-0.25, -0.2) is 4.39 Å². The van der Waals surface area contributed by atoms with Gasteiger partial charge in [0.15, 0.2) is 5.69 Å². The minimum Gasteiger partial charge on any atom is -0.481 e. The molecule has 0 saturated carbocycles. The van der Waals surface area contributed by atoms with E-state index in [4.69, 9.17) is 4.74 Å². The molecule has 2 aliphatic heterocycles. The lowest BCUT2D eigenvalue weighted by Crippen LogP contribution is -2.73. The minimum atomic E-state index is -0.463. The van der Waals surface area contributed by atoms with Gasteiger partial charge in [0, 0.05) is 54.4 Å². The fraction of sp³-hybridized carbons (Fsp3) is 0.194. The molecule has 2 fully saturated rings. The number of nitrogens with zero attached hydrogens (tertiary/aromatic N) is 4. The van der Waals surface area contributed by atoms with E-state index < -0.39 is 5.82 Å². The molecule has 2 saturated heterocycles. The van der Waals surface area contributed by atoms with Crippen molar-refractivity contribution in [2.24, 2.45) is 5.41 Å². The number of carbonyl (C=O) groups excluding carboxylic acids is 2. The van der Waals surface area contributed by atoms with Gasteiger partial charge >= 0.3 is 0 Å². The monoisotopic (exact) mass is 520 g/mol. The molecule has 2 amide bonds. The summed E-state index contributed by atoms with van der Waals surface area (Å²) in [6.07, 6.45) is 0. The van der Waals surface area contributed by atoms with E-state index in [0.29, 0.717) is 31.7 Å². The third-order valence-electron chi connectivity index (χ3n) is 7.12. The third kappa shape index (κ3) is 4.64. The van der Waals surface area contributed by atoms with Crippen LogP contribution in [-0.4, -0.2) is 64.7 Å². The van der Waals surface area contributed by atoms with Gasteiger partial charge in [-0.3, -0.25) is 9.59 Å². The molecule has 0 aliphatic carbocycles. The highest BCUT2D eigenvalue weighted by Gasteiger charge is 2.54. The quantitative estimate of drug-likeness (QED) is 0.382. The largest absolute Gasteiger partial charge is 0.481 e. The number of carbonyl (C=O) groups is 2. The number of hydrogen-bond donors (Lipinski definition) is 0. The lowest BCUT2D eigenvalue weighted by Gasteiger charge is -2.60. The molecule has 7 nitrogen and oxygen atoms in total. The Bertz CT molecular complexity index is 1610. The van der Waals surface area contributed by atoms with Gasteiger partial charge in [0.2, 0.25) is 5.88 Å². The molecule has 194 valence electrons. The number of amides is 2. The Morgan fingerprint density at radius 2 is 1.41 bits per heavy atom. The highest BCUT2D eigenvalue weighted by molar-refractivity contribution is 5.96. The first-order chi connectivity index (χ1) is 18.9. The number of likely N-dealkylation sites (tertiary alicyclic amines) is 2. The second kappa shape index (κ2) is 9.76. The third-order valence-corrected chi connectivity index (χ3v) is 7.12. The Morgan fingerprint density at radius 1 is 0.821 bits per heavy atom. The predicted octanol–water partition coefficient (Wildman–Crippen LogP) is 4.02. The van der Waals surface area contributed by atoms with Crippen LogP contribution in [0.2, 0.25) is 0 Å². The van der Waals surface area contributed by atoms with Gasteiger partial charge in [-0.15, -0.1) is 0 Å². The molecule has 6 rings (SSSR count). The molecule has 4 aromatic rings. The van der Waals surface area contributed by atoms with E-state index >= 15 is 0 Å². The first kappa shape index (κ1) is 24.4. The second-order valence-electron chi connectivity index (χ2n) is 9.95. The summed E-state index contributed by atoms with van der Waals surface area (Å²) in [6, 6.07) is 24.8. The maximum absolute atomic E-state index is 14.3. The van der Waals surface area contributed by atoms with Gasteiger partial charge in [0.25, 0.3) is 11.8 Å². The summed E-state index contributed by atoms with van der Waals surface area (Å²) in [5.74, 6) is 5.78. The van der Waals surface area contributed by atoms with Crippen LogP contribution >= 0.6 is 0 Å². The van der Waals surface area contributed by atoms with Crippen LogP contribution in [0.25, 0.3) is 5.69 Å². The van der Waals surface area contributed by atoms with Crippen LogP contribution in [0.5, 0.6) is 5.88 Å². The average molecular weight is 521 g/mol. The van der Waals surface area contributed by atoms with E-state index in [-0.39, 0.29) is 34.5 Å². The number of ether oxygens (including phenoxy) is 1. The Hall–Kier alpha value is -4.90. The smallest absolute Gasteiger partial charge is 0.274 e. The number of halogens is 1. The Balaban J connectivity index is 1.05. The molecule has 1 spiro atoms. The highest BCUT2D eigenvalue weighted by Crippen LogP contribution is 2.41. The maximum atomic E-state index is 14.3. The summed E-state index contributed by atoms with van der Waals surface area (Å²) < 4.78 is 20.9. The van der Waals surface area contributed by atoms with E-state index in [1.807, 2.05) is 47.4 Å². The fourth-order valence-electron chi connectivity index (χ4n) is 5.13. The number of rotatable bonds is 4. The van der Waals surface area contributed by atoms with Crippen molar-refractivity contribution in [3.63, 3.8) is 0 Å². The molecule has 0 unspecified atom stereocenters. The zero-order valence-corrected chi connectivity index (χ0v) is 21.3. The van der Waals surface area contributed by atoms with Crippen LogP contribution < -0.4 is 4.74 Å². The molecule has 0 atom stereocenters. The molecule has 39 heavy (non-hydrogen) atoms. The fourth-order valence-corrected chi connectivity index (χ4v) is 5.13. The van der Waals surface area contributed by atoms with Crippen LogP contribution in [-0.2, 0) is 0 Å². The van der Waals surface area contributed by atoms with Gasteiger partial charge in [-0.1, -0.05) is 42.2 Å². The van der Waals surface area contributed by atoms with E-state index in [0.717, 1.165) is 11.1 Å². The van der Waals surface area contributed by atoms with Crippen molar-refractivity contribution in [3.8, 4) is 23.4 Å². The van der Waals surface area contributed by atoms with Crippen molar-refractivity contribution in [2.75, 3.05) is 33.3 Å². The Morgan fingerprint density at radius 3 is 2.05 bits per heavy atom. The lowest BCUT2D eigenvalue weighted by atomic mass is 9.72. The number of aromatic nitrogens is 2. The van der Waals surface area contributed by atoms with Gasteiger partial charge in [-0.05, 0) is 48.5 Å². The predicted molar refractivity (Wildman–Crippen MR) is 143 cm³/mol. The first-order valence-corrected chi connectivity index (χ1v) is 12.6. The van der Waals surface area contributed by atoms with Crippen molar-refractivity contribution < 1.29 is 18.7 Å². The average Bonchev–Trinajstić information content (AvgIpc) is 3.35. The van der Waals surface area contributed by atoms with E-state index in [2.05, 4.69) is 16.9 Å². The summed E-state index contributed by atoms with van der Waals surface area (Å²) in [7, 11) is 1.45. The lowest BCUT2D eigenvalue weighted by molar-refractivity contribution is -0.0823. The highest BCUT2D eigenvalue weighted by atomic mass is 19.1. The molecule has 0 N–H and O–H groups in total. The van der Waals surface area contributed by atoms with Crippen molar-refractivity contribution in [1.29, 1.82) is 0 Å². The SMILES string of the molecule is COc1cc(C(=O)N2CC3(CN(C(=O)c4ccc(C#Cc5ccccc5)cc4)C3)C2)nn1-c1ccccc1F. The first-order valence-electron chi connectivity index (χ1n) is 12.6. The summed E-state index contributed by atoms with van der Waals surface area (Å²) >= 11 is 0. The molecular weight excluding hydrogens is 495 g/mol. The maximum Gasteiger partial charge on any atom is 0.274 e. The minimum absolute atomic E-state index is 0.0265. The van der Waals surface area contributed by atoms with E-state index in [1.54, 1.807) is 35.2 Å². The molecule has 3 aromatic carbocycles. The molecule has 0 bridgehead atoms. The zero-order chi connectivity index (χ0) is 27.0. The Kier molecular flexibility index (Phi) is 6.12. The zero-order valence-electron chi connectivity index (χ0n) is 21.3. The van der Waals surface area contributed by atoms with Crippen LogP contribution in [0.3, 0.4) is 0 Å². The van der Waals surface area contributed by atoms with Gasteiger partial charge in [-0.2, -0.15) is 9.78 Å².